The normalized spacial score (nSPS) is 10.6. The van der Waals surface area contributed by atoms with Crippen LogP contribution in [0.15, 0.2) is 42.5 Å². The lowest BCUT2D eigenvalue weighted by Crippen LogP contribution is -2.06. The van der Waals surface area contributed by atoms with Crippen LogP contribution in [0.3, 0.4) is 0 Å². The molecular formula is C18H19FO. The maximum atomic E-state index is 13.6. The van der Waals surface area contributed by atoms with Crippen LogP contribution < -0.4 is 0 Å². The highest BCUT2D eigenvalue weighted by atomic mass is 19.1. The van der Waals surface area contributed by atoms with Gasteiger partial charge in [-0.1, -0.05) is 44.2 Å². The summed E-state index contributed by atoms with van der Waals surface area (Å²) >= 11 is 0. The zero-order valence-corrected chi connectivity index (χ0v) is 11.9. The number of rotatable bonds is 5. The first-order valence-corrected chi connectivity index (χ1v) is 7.04. The van der Waals surface area contributed by atoms with Crippen molar-refractivity contribution in [2.45, 2.75) is 33.1 Å². The predicted octanol–water partition coefficient (Wildman–Crippen LogP) is 4.38. The molecule has 0 unspecified atom stereocenters. The smallest absolute Gasteiger partial charge is 0.167 e. The van der Waals surface area contributed by atoms with Crippen LogP contribution in [0.5, 0.6) is 0 Å². The van der Waals surface area contributed by atoms with E-state index in [1.54, 1.807) is 18.2 Å². The molecule has 0 aliphatic carbocycles. The van der Waals surface area contributed by atoms with Crippen molar-refractivity contribution < 1.29 is 9.18 Å². The number of ketones is 1. The summed E-state index contributed by atoms with van der Waals surface area (Å²) in [5, 5.41) is 0. The Morgan fingerprint density at radius 1 is 0.950 bits per heavy atom. The van der Waals surface area contributed by atoms with Crippen molar-refractivity contribution in [3.05, 3.63) is 70.5 Å². The van der Waals surface area contributed by atoms with E-state index in [-0.39, 0.29) is 18.0 Å². The topological polar surface area (TPSA) is 17.1 Å². The number of carbonyl (C=O) groups excluding carboxylic acids is 1. The van der Waals surface area contributed by atoms with Crippen LogP contribution in [0.1, 0.15) is 40.9 Å². The second-order valence-electron chi connectivity index (χ2n) is 4.88. The van der Waals surface area contributed by atoms with Gasteiger partial charge < -0.3 is 0 Å². The van der Waals surface area contributed by atoms with Gasteiger partial charge in [0, 0.05) is 12.0 Å². The van der Waals surface area contributed by atoms with Crippen molar-refractivity contribution in [2.75, 3.05) is 0 Å². The zero-order valence-electron chi connectivity index (χ0n) is 11.9. The first kappa shape index (κ1) is 14.4. The third-order valence-electron chi connectivity index (χ3n) is 3.60. The van der Waals surface area contributed by atoms with Crippen LogP contribution in [0.25, 0.3) is 0 Å². The molecule has 2 aromatic rings. The van der Waals surface area contributed by atoms with E-state index < -0.39 is 0 Å². The number of aryl methyl sites for hydroxylation is 2. The molecule has 0 heterocycles. The van der Waals surface area contributed by atoms with E-state index in [9.17, 15) is 9.18 Å². The highest BCUT2D eigenvalue weighted by Gasteiger charge is 2.11. The quantitative estimate of drug-likeness (QED) is 0.737. The molecule has 0 radical (unpaired) electrons. The minimum absolute atomic E-state index is 0.0348. The standard InChI is InChI=1S/C18H19FO/c1-3-13-9-10-16(11-14(13)4-2)18(20)12-15-7-5-6-8-17(15)19/h5-11H,3-4,12H2,1-2H3. The highest BCUT2D eigenvalue weighted by molar-refractivity contribution is 5.97. The van der Waals surface area contributed by atoms with Crippen LogP contribution in [-0.4, -0.2) is 5.78 Å². The van der Waals surface area contributed by atoms with Gasteiger partial charge >= 0.3 is 0 Å². The number of hydrogen-bond acceptors (Lipinski definition) is 1. The maximum absolute atomic E-state index is 13.6. The van der Waals surface area contributed by atoms with Gasteiger partial charge in [0.15, 0.2) is 5.78 Å². The molecule has 0 amide bonds. The third kappa shape index (κ3) is 3.13. The molecule has 0 atom stereocenters. The van der Waals surface area contributed by atoms with Crippen molar-refractivity contribution in [3.63, 3.8) is 0 Å². The molecule has 0 aliphatic heterocycles. The molecule has 2 heteroatoms. The average Bonchev–Trinajstić information content (AvgIpc) is 2.48. The van der Waals surface area contributed by atoms with E-state index in [4.69, 9.17) is 0 Å². The first-order valence-electron chi connectivity index (χ1n) is 7.04. The molecule has 2 rings (SSSR count). The fourth-order valence-corrected chi connectivity index (χ4v) is 2.39. The van der Waals surface area contributed by atoms with Gasteiger partial charge in [0.05, 0.1) is 0 Å². The fourth-order valence-electron chi connectivity index (χ4n) is 2.39. The Morgan fingerprint density at radius 3 is 2.30 bits per heavy atom. The maximum Gasteiger partial charge on any atom is 0.167 e. The predicted molar refractivity (Wildman–Crippen MR) is 79.6 cm³/mol. The summed E-state index contributed by atoms with van der Waals surface area (Å²) in [4.78, 5) is 12.3. The fraction of sp³-hybridized carbons (Fsp3) is 0.278. The van der Waals surface area contributed by atoms with E-state index in [1.165, 1.54) is 17.2 Å². The van der Waals surface area contributed by atoms with Gasteiger partial charge in [-0.25, -0.2) is 4.39 Å². The van der Waals surface area contributed by atoms with Crippen molar-refractivity contribution in [2.24, 2.45) is 0 Å². The summed E-state index contributed by atoms with van der Waals surface area (Å²) in [5.74, 6) is -0.353. The highest BCUT2D eigenvalue weighted by Crippen LogP contribution is 2.16. The summed E-state index contributed by atoms with van der Waals surface area (Å²) in [5.41, 5.74) is 3.60. The Balaban J connectivity index is 2.24. The summed E-state index contributed by atoms with van der Waals surface area (Å²) in [7, 11) is 0. The molecule has 0 N–H and O–H groups in total. The minimum Gasteiger partial charge on any atom is -0.294 e. The zero-order chi connectivity index (χ0) is 14.5. The van der Waals surface area contributed by atoms with Crippen molar-refractivity contribution in [1.29, 1.82) is 0 Å². The van der Waals surface area contributed by atoms with Gasteiger partial charge in [-0.2, -0.15) is 0 Å². The monoisotopic (exact) mass is 270 g/mol. The van der Waals surface area contributed by atoms with Crippen LogP contribution in [0.2, 0.25) is 0 Å². The van der Waals surface area contributed by atoms with Crippen LogP contribution in [-0.2, 0) is 19.3 Å². The lowest BCUT2D eigenvalue weighted by molar-refractivity contribution is 0.0991. The van der Waals surface area contributed by atoms with E-state index in [1.807, 2.05) is 18.2 Å². The molecule has 0 aromatic heterocycles. The number of carbonyl (C=O) groups is 1. The van der Waals surface area contributed by atoms with Gasteiger partial charge in [0.2, 0.25) is 0 Å². The molecule has 0 saturated carbocycles. The van der Waals surface area contributed by atoms with E-state index in [0.29, 0.717) is 11.1 Å². The SMILES string of the molecule is CCc1ccc(C(=O)Cc2ccccc2F)cc1CC. The van der Waals surface area contributed by atoms with Crippen molar-refractivity contribution in [3.8, 4) is 0 Å². The third-order valence-corrected chi connectivity index (χ3v) is 3.60. The van der Waals surface area contributed by atoms with Crippen molar-refractivity contribution >= 4 is 5.78 Å². The Labute approximate surface area is 119 Å². The second kappa shape index (κ2) is 6.47. The number of halogens is 1. The van der Waals surface area contributed by atoms with Crippen LogP contribution in [0.4, 0.5) is 4.39 Å². The molecule has 0 bridgehead atoms. The number of benzene rings is 2. The van der Waals surface area contributed by atoms with Gasteiger partial charge in [-0.3, -0.25) is 4.79 Å². The molecule has 20 heavy (non-hydrogen) atoms. The number of Topliss-reactive ketones (excluding diaryl/α,β-unsaturated/α-hetero) is 1. The summed E-state index contributed by atoms with van der Waals surface area (Å²) in [6.45, 7) is 4.19. The molecule has 0 spiro atoms. The first-order chi connectivity index (χ1) is 9.65. The lowest BCUT2D eigenvalue weighted by atomic mass is 9.96. The minimum atomic E-state index is -0.318. The Bertz CT molecular complexity index is 617. The summed E-state index contributed by atoms with van der Waals surface area (Å²) in [6, 6.07) is 12.2. The van der Waals surface area contributed by atoms with E-state index in [2.05, 4.69) is 13.8 Å². The van der Waals surface area contributed by atoms with Crippen molar-refractivity contribution in [1.82, 2.24) is 0 Å². The molecular weight excluding hydrogens is 251 g/mol. The van der Waals surface area contributed by atoms with Gasteiger partial charge in [-0.15, -0.1) is 0 Å². The number of hydrogen-bond donors (Lipinski definition) is 0. The largest absolute Gasteiger partial charge is 0.294 e. The van der Waals surface area contributed by atoms with E-state index >= 15 is 0 Å². The van der Waals surface area contributed by atoms with Crippen LogP contribution >= 0.6 is 0 Å². The van der Waals surface area contributed by atoms with Gasteiger partial charge in [0.1, 0.15) is 5.82 Å². The second-order valence-corrected chi connectivity index (χ2v) is 4.88. The Morgan fingerprint density at radius 2 is 1.65 bits per heavy atom. The van der Waals surface area contributed by atoms with E-state index in [0.717, 1.165) is 12.8 Å². The molecule has 1 nitrogen and oxygen atoms in total. The molecule has 2 aromatic carbocycles. The average molecular weight is 270 g/mol. The van der Waals surface area contributed by atoms with Crippen LogP contribution in [0, 0.1) is 5.82 Å². The lowest BCUT2D eigenvalue weighted by Gasteiger charge is -2.09. The molecule has 0 fully saturated rings. The molecule has 0 aliphatic rings. The molecule has 0 saturated heterocycles. The van der Waals surface area contributed by atoms with Gasteiger partial charge in [-0.05, 0) is 41.7 Å². The molecule has 104 valence electrons. The summed E-state index contributed by atoms with van der Waals surface area (Å²) < 4.78 is 13.6. The summed E-state index contributed by atoms with van der Waals surface area (Å²) in [6.07, 6.45) is 1.98. The Hall–Kier alpha value is -1.96. The van der Waals surface area contributed by atoms with Gasteiger partial charge in [0.25, 0.3) is 0 Å². The Kier molecular flexibility index (Phi) is 4.67.